The van der Waals surface area contributed by atoms with E-state index in [1.807, 2.05) is 60.7 Å². The molecule has 1 saturated carbocycles. The summed E-state index contributed by atoms with van der Waals surface area (Å²) in [4.78, 5) is 28.3. The van der Waals surface area contributed by atoms with Crippen molar-refractivity contribution in [2.24, 2.45) is 11.7 Å². The van der Waals surface area contributed by atoms with Gasteiger partial charge in [0.2, 0.25) is 11.8 Å². The highest BCUT2D eigenvalue weighted by Crippen LogP contribution is 2.29. The molecule has 0 unspecified atom stereocenters. The van der Waals surface area contributed by atoms with Crippen LogP contribution in [0.3, 0.4) is 0 Å². The van der Waals surface area contributed by atoms with Gasteiger partial charge in [0, 0.05) is 31.5 Å². The largest absolute Gasteiger partial charge is 0.326 e. The van der Waals surface area contributed by atoms with Crippen molar-refractivity contribution in [2.75, 3.05) is 13.1 Å². The van der Waals surface area contributed by atoms with E-state index in [0.29, 0.717) is 12.3 Å². The van der Waals surface area contributed by atoms with Crippen LogP contribution in [0.4, 0.5) is 0 Å². The molecule has 2 fully saturated rings. The van der Waals surface area contributed by atoms with Gasteiger partial charge in [-0.3, -0.25) is 19.8 Å². The van der Waals surface area contributed by atoms with Gasteiger partial charge >= 0.3 is 0 Å². The second-order valence-corrected chi connectivity index (χ2v) is 9.46. The molecule has 1 heterocycles. The molecule has 32 heavy (non-hydrogen) atoms. The van der Waals surface area contributed by atoms with Crippen molar-refractivity contribution in [3.8, 4) is 0 Å². The highest BCUT2D eigenvalue weighted by Gasteiger charge is 2.37. The molecule has 170 valence electrons. The minimum Gasteiger partial charge on any atom is -0.326 e. The molecule has 2 aromatic rings. The van der Waals surface area contributed by atoms with Crippen LogP contribution in [0.15, 0.2) is 60.7 Å². The molecule has 2 aromatic carbocycles. The van der Waals surface area contributed by atoms with Gasteiger partial charge in [0.25, 0.3) is 0 Å². The summed E-state index contributed by atoms with van der Waals surface area (Å²) in [5, 5.41) is 2.70. The van der Waals surface area contributed by atoms with Gasteiger partial charge in [0.1, 0.15) is 0 Å². The molecule has 0 aromatic heterocycles. The predicted molar refractivity (Wildman–Crippen MR) is 127 cm³/mol. The molecule has 4 rings (SSSR count). The maximum absolute atomic E-state index is 13.1. The lowest BCUT2D eigenvalue weighted by molar-refractivity contribution is -0.133. The Morgan fingerprint density at radius 3 is 2.12 bits per heavy atom. The van der Waals surface area contributed by atoms with E-state index in [9.17, 15) is 9.59 Å². The fourth-order valence-electron chi connectivity index (χ4n) is 5.37. The second-order valence-electron chi connectivity index (χ2n) is 9.46. The lowest BCUT2D eigenvalue weighted by Gasteiger charge is -2.30. The first-order chi connectivity index (χ1) is 15.6. The molecule has 0 spiro atoms. The summed E-state index contributed by atoms with van der Waals surface area (Å²) in [6, 6.07) is 19.7. The van der Waals surface area contributed by atoms with Crippen LogP contribution in [0.25, 0.3) is 0 Å². The quantitative estimate of drug-likeness (QED) is 0.696. The average molecular weight is 434 g/mol. The third-order valence-corrected chi connectivity index (χ3v) is 7.01. The zero-order valence-corrected chi connectivity index (χ0v) is 18.8. The first-order valence-electron chi connectivity index (χ1n) is 12.0. The van der Waals surface area contributed by atoms with E-state index in [-0.39, 0.29) is 36.2 Å². The number of amides is 2. The van der Waals surface area contributed by atoms with E-state index in [4.69, 9.17) is 5.73 Å². The van der Waals surface area contributed by atoms with Gasteiger partial charge in [-0.2, -0.15) is 0 Å². The Labute approximate surface area is 191 Å². The molecule has 1 saturated heterocycles. The lowest BCUT2D eigenvalue weighted by Crippen LogP contribution is -2.47. The molecule has 0 radical (unpaired) electrons. The van der Waals surface area contributed by atoms with E-state index in [2.05, 4.69) is 10.2 Å². The topological polar surface area (TPSA) is 75.4 Å². The fraction of sp³-hybridized carbons (Fsp3) is 0.481. The number of nitrogens with two attached hydrogens (primary N) is 1. The number of hydrogen-bond acceptors (Lipinski definition) is 4. The summed E-state index contributed by atoms with van der Waals surface area (Å²) in [6.45, 7) is 1.65. The van der Waals surface area contributed by atoms with E-state index in [0.717, 1.165) is 24.2 Å². The lowest BCUT2D eigenvalue weighted by atomic mass is 9.88. The zero-order valence-electron chi connectivity index (χ0n) is 18.8. The number of carbonyl (C=O) groups excluding carboxylic acids is 2. The summed E-state index contributed by atoms with van der Waals surface area (Å²) in [5.74, 6) is 0.124. The van der Waals surface area contributed by atoms with Gasteiger partial charge in [0.05, 0.1) is 6.04 Å². The maximum Gasteiger partial charge on any atom is 0.243 e. The molecule has 0 bridgehead atoms. The van der Waals surface area contributed by atoms with Crippen molar-refractivity contribution >= 4 is 11.8 Å². The molecular formula is C27H35N3O2. The van der Waals surface area contributed by atoms with Crippen LogP contribution < -0.4 is 11.1 Å². The SMILES string of the molecule is N[C@@H]1C[C@@H](C(=O)NC(=O)CC(c2ccccc2)c2ccccc2)N(CC2CCCCC2)C1. The van der Waals surface area contributed by atoms with Crippen LogP contribution >= 0.6 is 0 Å². The Morgan fingerprint density at radius 2 is 1.53 bits per heavy atom. The molecule has 2 atom stereocenters. The Hall–Kier alpha value is -2.50. The molecule has 1 aliphatic carbocycles. The standard InChI is InChI=1S/C27H35N3O2/c28-23-16-25(30(19-23)18-20-10-4-1-5-11-20)27(32)29-26(31)17-24(21-12-6-2-7-13-21)22-14-8-3-9-15-22/h2-3,6-9,12-15,20,23-25H,1,4-5,10-11,16-19,28H2,(H,29,31,32)/t23-,25+/m1/s1. The molecular weight excluding hydrogens is 398 g/mol. The molecule has 5 heteroatoms. The number of nitrogens with one attached hydrogen (secondary N) is 1. The Kier molecular flexibility index (Phi) is 7.72. The van der Waals surface area contributed by atoms with Gasteiger partial charge in [-0.05, 0) is 36.3 Å². The minimum atomic E-state index is -0.303. The molecule has 3 N–H and O–H groups in total. The number of hydrogen-bond donors (Lipinski definition) is 2. The third kappa shape index (κ3) is 5.84. The smallest absolute Gasteiger partial charge is 0.243 e. The van der Waals surface area contributed by atoms with Crippen LogP contribution in [0.5, 0.6) is 0 Å². The van der Waals surface area contributed by atoms with Crippen LogP contribution in [-0.2, 0) is 9.59 Å². The monoisotopic (exact) mass is 433 g/mol. The van der Waals surface area contributed by atoms with Gasteiger partial charge in [-0.1, -0.05) is 79.9 Å². The average Bonchev–Trinajstić information content (AvgIpc) is 3.19. The first-order valence-corrected chi connectivity index (χ1v) is 12.0. The summed E-state index contributed by atoms with van der Waals surface area (Å²) in [7, 11) is 0. The number of carbonyl (C=O) groups is 2. The number of imide groups is 1. The number of benzene rings is 2. The minimum absolute atomic E-state index is 0.00849. The van der Waals surface area contributed by atoms with Gasteiger partial charge in [-0.15, -0.1) is 0 Å². The normalized spacial score (nSPS) is 22.2. The van der Waals surface area contributed by atoms with Crippen molar-refractivity contribution in [2.45, 2.75) is 62.9 Å². The van der Waals surface area contributed by atoms with Crippen LogP contribution in [0.2, 0.25) is 0 Å². The van der Waals surface area contributed by atoms with Crippen molar-refractivity contribution in [1.29, 1.82) is 0 Å². The fourth-order valence-corrected chi connectivity index (χ4v) is 5.37. The maximum atomic E-state index is 13.1. The summed E-state index contributed by atoms with van der Waals surface area (Å²) in [5.41, 5.74) is 8.36. The van der Waals surface area contributed by atoms with Crippen molar-refractivity contribution in [1.82, 2.24) is 10.2 Å². The molecule has 1 aliphatic heterocycles. The summed E-state index contributed by atoms with van der Waals surface area (Å²) < 4.78 is 0. The van der Waals surface area contributed by atoms with Gasteiger partial charge < -0.3 is 5.73 Å². The molecule has 2 amide bonds. The number of rotatable bonds is 7. The summed E-state index contributed by atoms with van der Waals surface area (Å²) >= 11 is 0. The predicted octanol–water partition coefficient (Wildman–Crippen LogP) is 3.83. The van der Waals surface area contributed by atoms with Crippen LogP contribution in [0, 0.1) is 5.92 Å². The van der Waals surface area contributed by atoms with Crippen LogP contribution in [0.1, 0.15) is 62.0 Å². The van der Waals surface area contributed by atoms with Crippen molar-refractivity contribution in [3.63, 3.8) is 0 Å². The highest BCUT2D eigenvalue weighted by atomic mass is 16.2. The van der Waals surface area contributed by atoms with Gasteiger partial charge in [-0.25, -0.2) is 0 Å². The number of likely N-dealkylation sites (tertiary alicyclic amines) is 1. The first kappa shape index (κ1) is 22.7. The Morgan fingerprint density at radius 1 is 0.938 bits per heavy atom. The summed E-state index contributed by atoms with van der Waals surface area (Å²) in [6.07, 6.45) is 7.19. The third-order valence-electron chi connectivity index (χ3n) is 7.01. The zero-order chi connectivity index (χ0) is 22.3. The van der Waals surface area contributed by atoms with E-state index >= 15 is 0 Å². The van der Waals surface area contributed by atoms with Gasteiger partial charge in [0.15, 0.2) is 0 Å². The second kappa shape index (κ2) is 10.9. The van der Waals surface area contributed by atoms with E-state index in [1.54, 1.807) is 0 Å². The van der Waals surface area contributed by atoms with Crippen LogP contribution in [-0.4, -0.2) is 41.9 Å². The molecule has 2 aliphatic rings. The van der Waals surface area contributed by atoms with E-state index < -0.39 is 0 Å². The Balaban J connectivity index is 1.40. The highest BCUT2D eigenvalue weighted by molar-refractivity contribution is 5.98. The van der Waals surface area contributed by atoms with Crippen molar-refractivity contribution in [3.05, 3.63) is 71.8 Å². The number of nitrogens with zero attached hydrogens (tertiary/aromatic N) is 1. The Bertz CT molecular complexity index is 841. The van der Waals surface area contributed by atoms with Crippen molar-refractivity contribution < 1.29 is 9.59 Å². The van der Waals surface area contributed by atoms with E-state index in [1.165, 1.54) is 32.1 Å². The molecule has 5 nitrogen and oxygen atoms in total.